The third-order valence-corrected chi connectivity index (χ3v) is 4.83. The Labute approximate surface area is 149 Å². The molecule has 1 N–H and O–H groups in total. The van der Waals surface area contributed by atoms with Crippen molar-refractivity contribution in [2.75, 3.05) is 6.61 Å². The molecule has 0 atom stereocenters. The van der Waals surface area contributed by atoms with Gasteiger partial charge >= 0.3 is 12.4 Å². The Morgan fingerprint density at radius 3 is 2.30 bits per heavy atom. The van der Waals surface area contributed by atoms with Crippen LogP contribution in [0.3, 0.4) is 0 Å². The van der Waals surface area contributed by atoms with Crippen molar-refractivity contribution in [2.24, 2.45) is 7.05 Å². The topological polar surface area (TPSA) is 82.5 Å². The summed E-state index contributed by atoms with van der Waals surface area (Å²) in [7, 11) is -3.51. The summed E-state index contributed by atoms with van der Waals surface area (Å²) in [5.41, 5.74) is -1.62. The van der Waals surface area contributed by atoms with E-state index >= 15 is 0 Å². The van der Waals surface area contributed by atoms with Crippen molar-refractivity contribution in [1.82, 2.24) is 15.3 Å². The number of rotatable bonds is 5. The van der Waals surface area contributed by atoms with Crippen LogP contribution in [0.4, 0.5) is 26.3 Å². The number of hydroxylamine groups is 1. The summed E-state index contributed by atoms with van der Waals surface area (Å²) in [4.78, 5) is 4.96. The Morgan fingerprint density at radius 1 is 1.26 bits per heavy atom. The third kappa shape index (κ3) is 5.06. The summed E-state index contributed by atoms with van der Waals surface area (Å²) in [6, 6.07) is 0. The first kappa shape index (κ1) is 21.3. The van der Waals surface area contributed by atoms with Crippen molar-refractivity contribution < 1.29 is 44.3 Å². The van der Waals surface area contributed by atoms with Gasteiger partial charge in [-0.3, -0.25) is 10.3 Å². The molecule has 0 fully saturated rings. The SMILES string of the molecule is Cn1nc(C(F)(F)F)c(CS(=O)(=O)C2=CC(C)(C)ON2)c1OCC(F)(F)F. The first-order valence-electron chi connectivity index (χ1n) is 7.24. The fourth-order valence-electron chi connectivity index (χ4n) is 2.22. The van der Waals surface area contributed by atoms with Gasteiger partial charge in [-0.2, -0.15) is 31.4 Å². The standard InChI is InChI=1S/C13H15F6N3O4S/c1-11(2)4-8(21-26-11)27(23,24)5-7-9(13(17,18)19)20-22(3)10(7)25-6-12(14,15)16/h4,21H,5-6H2,1-3H3. The molecule has 0 aliphatic carbocycles. The summed E-state index contributed by atoms with van der Waals surface area (Å²) in [5.74, 6) is -2.23. The van der Waals surface area contributed by atoms with Crippen molar-refractivity contribution >= 4 is 9.84 Å². The van der Waals surface area contributed by atoms with E-state index in [0.29, 0.717) is 4.68 Å². The van der Waals surface area contributed by atoms with Crippen LogP contribution in [0.2, 0.25) is 0 Å². The lowest BCUT2D eigenvalue weighted by Crippen LogP contribution is -2.23. The Balaban J connectivity index is 2.47. The van der Waals surface area contributed by atoms with E-state index in [-0.39, 0.29) is 0 Å². The van der Waals surface area contributed by atoms with Crippen molar-refractivity contribution in [3.63, 3.8) is 0 Å². The minimum Gasteiger partial charge on any atom is -0.468 e. The van der Waals surface area contributed by atoms with Gasteiger partial charge in [0.25, 0.3) is 0 Å². The molecule has 0 unspecified atom stereocenters. The normalized spacial score (nSPS) is 17.6. The van der Waals surface area contributed by atoms with E-state index in [1.54, 1.807) is 0 Å². The Bertz CT molecular complexity index is 855. The average molecular weight is 423 g/mol. The van der Waals surface area contributed by atoms with E-state index in [4.69, 9.17) is 4.84 Å². The van der Waals surface area contributed by atoms with Gasteiger partial charge in [0, 0.05) is 7.05 Å². The molecule has 0 saturated carbocycles. The van der Waals surface area contributed by atoms with E-state index in [1.807, 2.05) is 0 Å². The zero-order valence-electron chi connectivity index (χ0n) is 14.2. The number of sulfone groups is 1. The molecule has 0 saturated heterocycles. The highest BCUT2D eigenvalue weighted by Gasteiger charge is 2.43. The number of hydrogen-bond donors (Lipinski definition) is 1. The zero-order chi connectivity index (χ0) is 20.8. The van der Waals surface area contributed by atoms with E-state index in [2.05, 4.69) is 15.3 Å². The number of aryl methyl sites for hydroxylation is 1. The smallest absolute Gasteiger partial charge is 0.435 e. The Morgan fingerprint density at radius 2 is 1.85 bits per heavy atom. The molecule has 0 spiro atoms. The number of halogens is 6. The van der Waals surface area contributed by atoms with Gasteiger partial charge in [-0.05, 0) is 19.9 Å². The monoisotopic (exact) mass is 423 g/mol. The second-order valence-electron chi connectivity index (χ2n) is 6.23. The van der Waals surface area contributed by atoms with Crippen molar-refractivity contribution in [3.8, 4) is 5.88 Å². The van der Waals surface area contributed by atoms with Gasteiger partial charge in [0.2, 0.25) is 5.88 Å². The van der Waals surface area contributed by atoms with Gasteiger partial charge in [-0.15, -0.1) is 0 Å². The molecule has 2 heterocycles. The molecule has 154 valence electrons. The minimum atomic E-state index is -5.10. The largest absolute Gasteiger partial charge is 0.468 e. The van der Waals surface area contributed by atoms with Gasteiger partial charge in [0.15, 0.2) is 27.2 Å². The maximum Gasteiger partial charge on any atom is 0.435 e. The molecular weight excluding hydrogens is 408 g/mol. The third-order valence-electron chi connectivity index (χ3n) is 3.29. The fraction of sp³-hybridized carbons (Fsp3) is 0.615. The van der Waals surface area contributed by atoms with Crippen LogP contribution in [0.5, 0.6) is 5.88 Å². The highest BCUT2D eigenvalue weighted by molar-refractivity contribution is 7.94. The Hall–Kier alpha value is -1.96. The van der Waals surface area contributed by atoms with Gasteiger partial charge in [0.1, 0.15) is 5.60 Å². The summed E-state index contributed by atoms with van der Waals surface area (Å²) < 4.78 is 106. The summed E-state index contributed by atoms with van der Waals surface area (Å²) >= 11 is 0. The molecule has 27 heavy (non-hydrogen) atoms. The first-order chi connectivity index (χ1) is 12.0. The van der Waals surface area contributed by atoms with E-state index in [1.165, 1.54) is 13.8 Å². The molecule has 0 amide bonds. The van der Waals surface area contributed by atoms with Crippen LogP contribution in [-0.2, 0) is 33.7 Å². The van der Waals surface area contributed by atoms with Gasteiger partial charge in [-0.1, -0.05) is 0 Å². The Kier molecular flexibility index (Phi) is 5.20. The fourth-order valence-corrected chi connectivity index (χ4v) is 3.65. The van der Waals surface area contributed by atoms with E-state index in [0.717, 1.165) is 13.1 Å². The molecule has 0 aromatic carbocycles. The van der Waals surface area contributed by atoms with Crippen LogP contribution in [-0.4, -0.2) is 36.6 Å². The van der Waals surface area contributed by atoms with Crippen molar-refractivity contribution in [1.29, 1.82) is 0 Å². The van der Waals surface area contributed by atoms with Crippen LogP contribution in [0.15, 0.2) is 11.1 Å². The quantitative estimate of drug-likeness (QED) is 0.733. The molecule has 2 rings (SSSR count). The zero-order valence-corrected chi connectivity index (χ0v) is 15.0. The van der Waals surface area contributed by atoms with E-state index in [9.17, 15) is 34.8 Å². The van der Waals surface area contributed by atoms with Crippen LogP contribution in [0.1, 0.15) is 25.1 Å². The molecule has 1 aliphatic rings. The number of hydrogen-bond acceptors (Lipinski definition) is 6. The van der Waals surface area contributed by atoms with Crippen molar-refractivity contribution in [3.05, 3.63) is 22.4 Å². The lowest BCUT2D eigenvalue weighted by Gasteiger charge is -2.13. The maximum absolute atomic E-state index is 13.2. The lowest BCUT2D eigenvalue weighted by atomic mass is 10.1. The molecule has 1 aromatic rings. The molecule has 0 radical (unpaired) electrons. The van der Waals surface area contributed by atoms with E-state index < -0.39 is 62.3 Å². The van der Waals surface area contributed by atoms with Gasteiger partial charge in [-0.25, -0.2) is 13.1 Å². The number of nitrogens with one attached hydrogen (secondary N) is 1. The highest BCUT2D eigenvalue weighted by atomic mass is 32.2. The molecule has 14 heteroatoms. The summed E-state index contributed by atoms with van der Waals surface area (Å²) in [6.07, 6.45) is -8.82. The molecule has 0 bridgehead atoms. The highest BCUT2D eigenvalue weighted by Crippen LogP contribution is 2.38. The second kappa shape index (κ2) is 6.58. The average Bonchev–Trinajstić information content (AvgIpc) is 2.96. The van der Waals surface area contributed by atoms with Crippen LogP contribution < -0.4 is 10.2 Å². The van der Waals surface area contributed by atoms with Crippen LogP contribution in [0.25, 0.3) is 0 Å². The molecule has 1 aliphatic heterocycles. The van der Waals surface area contributed by atoms with Gasteiger partial charge in [0.05, 0.1) is 11.3 Å². The summed E-state index contributed by atoms with van der Waals surface area (Å²) in [6.45, 7) is 1.07. The lowest BCUT2D eigenvalue weighted by molar-refractivity contribution is -0.154. The molecular formula is C13H15F6N3O4S. The number of aromatic nitrogens is 2. The number of ether oxygens (including phenoxy) is 1. The summed E-state index contributed by atoms with van der Waals surface area (Å²) in [5, 5.41) is 2.58. The predicted molar refractivity (Wildman–Crippen MR) is 78.8 cm³/mol. The van der Waals surface area contributed by atoms with Crippen LogP contribution in [0, 0.1) is 0 Å². The maximum atomic E-state index is 13.2. The first-order valence-corrected chi connectivity index (χ1v) is 8.89. The van der Waals surface area contributed by atoms with Crippen molar-refractivity contribution in [2.45, 2.75) is 37.6 Å². The molecule has 7 nitrogen and oxygen atoms in total. The number of alkyl halides is 6. The number of nitrogens with zero attached hydrogens (tertiary/aromatic N) is 2. The van der Waals surface area contributed by atoms with Gasteiger partial charge < -0.3 is 4.74 Å². The second-order valence-corrected chi connectivity index (χ2v) is 8.19. The molecule has 1 aromatic heterocycles. The minimum absolute atomic E-state index is 0.413. The predicted octanol–water partition coefficient (Wildman–Crippen LogP) is 2.45. The van der Waals surface area contributed by atoms with Crippen LogP contribution >= 0.6 is 0 Å².